The molecule has 3 rings (SSSR count). The molecule has 0 spiro atoms. The van der Waals surface area contributed by atoms with Crippen molar-refractivity contribution < 1.29 is 9.53 Å². The molecule has 0 atom stereocenters. The van der Waals surface area contributed by atoms with Crippen LogP contribution in [0.4, 0.5) is 0 Å². The van der Waals surface area contributed by atoms with Crippen LogP contribution in [0, 0.1) is 0 Å². The van der Waals surface area contributed by atoms with Crippen LogP contribution in [-0.2, 0) is 4.74 Å². The molecule has 0 saturated carbocycles. The highest BCUT2D eigenvalue weighted by molar-refractivity contribution is 8.01. The van der Waals surface area contributed by atoms with Crippen molar-refractivity contribution in [3.8, 4) is 0 Å². The number of rotatable bonds is 5. The average molecular weight is 396 g/mol. The maximum atomic E-state index is 12.6. The van der Waals surface area contributed by atoms with Gasteiger partial charge in [0.15, 0.2) is 0 Å². The standard InChI is InChI=1S/C17H14ClNO2S3/c1-3-21-17(20)13-15(24-12-8-5-9-23-12)10-6-4-7-11(18)14(10)19-16(13)22-2/h4-9H,3H2,1-2H3. The summed E-state index contributed by atoms with van der Waals surface area (Å²) in [5.41, 5.74) is 1.22. The molecule has 0 aliphatic carbocycles. The summed E-state index contributed by atoms with van der Waals surface area (Å²) in [4.78, 5) is 18.0. The van der Waals surface area contributed by atoms with Crippen molar-refractivity contribution >= 4 is 63.3 Å². The molecule has 2 aromatic heterocycles. The van der Waals surface area contributed by atoms with E-state index in [4.69, 9.17) is 16.3 Å². The summed E-state index contributed by atoms with van der Waals surface area (Å²) in [7, 11) is 0. The number of carbonyl (C=O) groups is 1. The first kappa shape index (κ1) is 17.6. The minimum absolute atomic E-state index is 0.323. The van der Waals surface area contributed by atoms with Gasteiger partial charge in [-0.2, -0.15) is 0 Å². The Hall–Kier alpha value is -1.21. The van der Waals surface area contributed by atoms with Crippen molar-refractivity contribution in [2.24, 2.45) is 0 Å². The molecule has 7 heteroatoms. The number of hydrogen-bond acceptors (Lipinski definition) is 6. The van der Waals surface area contributed by atoms with Gasteiger partial charge in [-0.1, -0.05) is 41.6 Å². The van der Waals surface area contributed by atoms with Crippen LogP contribution < -0.4 is 0 Å². The number of ether oxygens (including phenoxy) is 1. The molecule has 0 aliphatic heterocycles. The van der Waals surface area contributed by atoms with Gasteiger partial charge in [0.2, 0.25) is 0 Å². The van der Waals surface area contributed by atoms with Crippen LogP contribution in [0.5, 0.6) is 0 Å². The van der Waals surface area contributed by atoms with Crippen LogP contribution in [0.1, 0.15) is 17.3 Å². The molecule has 1 aromatic carbocycles. The highest BCUT2D eigenvalue weighted by Gasteiger charge is 2.24. The van der Waals surface area contributed by atoms with Gasteiger partial charge in [0.1, 0.15) is 10.6 Å². The van der Waals surface area contributed by atoms with Crippen molar-refractivity contribution in [3.05, 3.63) is 46.3 Å². The van der Waals surface area contributed by atoms with E-state index in [-0.39, 0.29) is 5.97 Å². The molecule has 2 heterocycles. The lowest BCUT2D eigenvalue weighted by molar-refractivity contribution is 0.0517. The van der Waals surface area contributed by atoms with Crippen LogP contribution in [0.15, 0.2) is 49.8 Å². The van der Waals surface area contributed by atoms with Gasteiger partial charge in [0, 0.05) is 10.3 Å². The highest BCUT2D eigenvalue weighted by Crippen LogP contribution is 2.42. The van der Waals surface area contributed by atoms with E-state index in [0.29, 0.717) is 27.7 Å². The van der Waals surface area contributed by atoms with E-state index in [0.717, 1.165) is 14.5 Å². The fraction of sp³-hybridized carbons (Fsp3) is 0.176. The number of thiophene rings is 1. The fourth-order valence-corrected chi connectivity index (χ4v) is 5.08. The quantitative estimate of drug-likeness (QED) is 0.391. The zero-order valence-electron chi connectivity index (χ0n) is 13.0. The summed E-state index contributed by atoms with van der Waals surface area (Å²) in [5, 5.41) is 4.08. The number of pyridine rings is 1. The smallest absolute Gasteiger partial charge is 0.342 e. The number of fused-ring (bicyclic) bond motifs is 1. The number of halogens is 1. The number of esters is 1. The molecule has 0 N–H and O–H groups in total. The van der Waals surface area contributed by atoms with Gasteiger partial charge in [0.25, 0.3) is 0 Å². The predicted octanol–water partition coefficient (Wildman–Crippen LogP) is 6.00. The lowest BCUT2D eigenvalue weighted by atomic mass is 10.1. The van der Waals surface area contributed by atoms with E-state index in [9.17, 15) is 4.79 Å². The van der Waals surface area contributed by atoms with Crippen molar-refractivity contribution in [1.82, 2.24) is 4.98 Å². The van der Waals surface area contributed by atoms with Crippen LogP contribution in [0.3, 0.4) is 0 Å². The monoisotopic (exact) mass is 395 g/mol. The third kappa shape index (κ3) is 3.42. The number of thioether (sulfide) groups is 1. The molecule has 0 aliphatic rings. The molecule has 124 valence electrons. The predicted molar refractivity (Wildman–Crippen MR) is 103 cm³/mol. The topological polar surface area (TPSA) is 39.2 Å². The Kier molecular flexibility index (Phi) is 5.71. The minimum atomic E-state index is -0.352. The third-order valence-electron chi connectivity index (χ3n) is 3.26. The Bertz CT molecular complexity index is 881. The van der Waals surface area contributed by atoms with Gasteiger partial charge in [-0.15, -0.1) is 23.1 Å². The SMILES string of the molecule is CCOC(=O)c1c(SC)nc2c(Cl)cccc2c1Sc1cccs1. The molecule has 0 amide bonds. The number of para-hydroxylation sites is 1. The summed E-state index contributed by atoms with van der Waals surface area (Å²) in [5.74, 6) is -0.352. The first-order chi connectivity index (χ1) is 11.7. The van der Waals surface area contributed by atoms with E-state index < -0.39 is 0 Å². The van der Waals surface area contributed by atoms with Gasteiger partial charge in [-0.3, -0.25) is 0 Å². The van der Waals surface area contributed by atoms with E-state index >= 15 is 0 Å². The first-order valence-electron chi connectivity index (χ1n) is 7.20. The van der Waals surface area contributed by atoms with Crippen LogP contribution >= 0.6 is 46.5 Å². The number of nitrogens with zero attached hydrogens (tertiary/aromatic N) is 1. The van der Waals surface area contributed by atoms with E-state index in [1.165, 1.54) is 11.8 Å². The molecule has 0 fully saturated rings. The second-order valence-corrected chi connectivity index (χ2v) is 8.18. The molecule has 0 bridgehead atoms. The zero-order chi connectivity index (χ0) is 17.1. The summed E-state index contributed by atoms with van der Waals surface area (Å²) in [6, 6.07) is 9.64. The van der Waals surface area contributed by atoms with E-state index in [1.54, 1.807) is 30.0 Å². The molecule has 0 saturated heterocycles. The number of carbonyl (C=O) groups excluding carboxylic acids is 1. The molecule has 3 aromatic rings. The van der Waals surface area contributed by atoms with Crippen molar-refractivity contribution in [2.45, 2.75) is 21.1 Å². The Morgan fingerprint density at radius 1 is 1.33 bits per heavy atom. The average Bonchev–Trinajstić information content (AvgIpc) is 3.08. The summed E-state index contributed by atoms with van der Waals surface area (Å²) < 4.78 is 6.37. The van der Waals surface area contributed by atoms with Gasteiger partial charge in [0.05, 0.1) is 21.4 Å². The lowest BCUT2D eigenvalue weighted by Crippen LogP contribution is -2.09. The van der Waals surface area contributed by atoms with Gasteiger partial charge in [-0.05, 0) is 30.7 Å². The Morgan fingerprint density at radius 3 is 2.83 bits per heavy atom. The van der Waals surface area contributed by atoms with E-state index in [1.807, 2.05) is 42.0 Å². The van der Waals surface area contributed by atoms with Gasteiger partial charge in [-0.25, -0.2) is 9.78 Å². The van der Waals surface area contributed by atoms with Crippen LogP contribution in [0.2, 0.25) is 5.02 Å². The fourth-order valence-electron chi connectivity index (χ4n) is 2.26. The molecule has 3 nitrogen and oxygen atoms in total. The second kappa shape index (κ2) is 7.78. The lowest BCUT2D eigenvalue weighted by Gasteiger charge is -2.15. The Morgan fingerprint density at radius 2 is 2.17 bits per heavy atom. The molecule has 0 unspecified atom stereocenters. The van der Waals surface area contributed by atoms with Gasteiger partial charge < -0.3 is 4.74 Å². The summed E-state index contributed by atoms with van der Waals surface area (Å²) in [6.45, 7) is 2.12. The third-order valence-corrected chi connectivity index (χ3v) is 6.41. The molecule has 0 radical (unpaired) electrons. The van der Waals surface area contributed by atoms with Crippen LogP contribution in [0.25, 0.3) is 10.9 Å². The highest BCUT2D eigenvalue weighted by atomic mass is 35.5. The summed E-state index contributed by atoms with van der Waals surface area (Å²) >= 11 is 10.9. The maximum Gasteiger partial charge on any atom is 0.342 e. The second-order valence-electron chi connectivity index (χ2n) is 4.72. The van der Waals surface area contributed by atoms with Crippen molar-refractivity contribution in [2.75, 3.05) is 12.9 Å². The summed E-state index contributed by atoms with van der Waals surface area (Å²) in [6.07, 6.45) is 1.90. The molecular weight excluding hydrogens is 382 g/mol. The zero-order valence-corrected chi connectivity index (χ0v) is 16.2. The maximum absolute atomic E-state index is 12.6. The van der Waals surface area contributed by atoms with Gasteiger partial charge >= 0.3 is 5.97 Å². The molecular formula is C17H14ClNO2S3. The van der Waals surface area contributed by atoms with Crippen molar-refractivity contribution in [1.29, 1.82) is 0 Å². The van der Waals surface area contributed by atoms with Crippen LogP contribution in [-0.4, -0.2) is 23.8 Å². The normalized spacial score (nSPS) is 11.0. The van der Waals surface area contributed by atoms with E-state index in [2.05, 4.69) is 4.98 Å². The minimum Gasteiger partial charge on any atom is -0.462 e. The Labute approximate surface area is 157 Å². The van der Waals surface area contributed by atoms with Crippen molar-refractivity contribution in [3.63, 3.8) is 0 Å². The first-order valence-corrected chi connectivity index (χ1v) is 10.5. The Balaban J connectivity index is 2.30. The number of hydrogen-bond donors (Lipinski definition) is 0. The molecule has 24 heavy (non-hydrogen) atoms. The number of aromatic nitrogens is 1. The number of benzene rings is 1. The largest absolute Gasteiger partial charge is 0.462 e.